The molecule has 0 saturated heterocycles. The van der Waals surface area contributed by atoms with E-state index in [4.69, 9.17) is 10.5 Å². The predicted octanol–water partition coefficient (Wildman–Crippen LogP) is 1.45. The highest BCUT2D eigenvalue weighted by Crippen LogP contribution is 2.22. The SMILES string of the molecule is COc1ccc(C(=O)NNC[C@H]2CC[C@H](N)CC2)cc1. The van der Waals surface area contributed by atoms with Crippen LogP contribution in [0.3, 0.4) is 0 Å². The summed E-state index contributed by atoms with van der Waals surface area (Å²) in [6, 6.07) is 7.40. The van der Waals surface area contributed by atoms with Crippen LogP contribution in [0, 0.1) is 5.92 Å². The Morgan fingerprint density at radius 3 is 2.50 bits per heavy atom. The van der Waals surface area contributed by atoms with E-state index in [9.17, 15) is 4.79 Å². The number of rotatable bonds is 5. The minimum Gasteiger partial charge on any atom is -0.497 e. The van der Waals surface area contributed by atoms with Gasteiger partial charge >= 0.3 is 0 Å². The first kappa shape index (κ1) is 14.8. The Balaban J connectivity index is 1.71. The number of methoxy groups -OCH3 is 1. The topological polar surface area (TPSA) is 76.4 Å². The molecule has 5 nitrogen and oxygen atoms in total. The number of hydrogen-bond donors (Lipinski definition) is 3. The first-order valence-electron chi connectivity index (χ1n) is 7.12. The van der Waals surface area contributed by atoms with E-state index >= 15 is 0 Å². The molecule has 1 amide bonds. The van der Waals surface area contributed by atoms with Crippen LogP contribution in [-0.4, -0.2) is 25.6 Å². The van der Waals surface area contributed by atoms with Gasteiger partial charge in [-0.05, 0) is 55.9 Å². The van der Waals surface area contributed by atoms with Gasteiger partial charge in [-0.1, -0.05) is 0 Å². The van der Waals surface area contributed by atoms with Crippen molar-refractivity contribution in [1.82, 2.24) is 10.9 Å². The fourth-order valence-corrected chi connectivity index (χ4v) is 2.48. The Bertz CT molecular complexity index is 425. The molecule has 0 bridgehead atoms. The van der Waals surface area contributed by atoms with Crippen LogP contribution in [0.4, 0.5) is 0 Å². The van der Waals surface area contributed by atoms with E-state index < -0.39 is 0 Å². The number of carbonyl (C=O) groups is 1. The Labute approximate surface area is 119 Å². The number of nitrogens with one attached hydrogen (secondary N) is 2. The second-order valence-corrected chi connectivity index (χ2v) is 5.34. The van der Waals surface area contributed by atoms with Crippen LogP contribution in [-0.2, 0) is 0 Å². The minimum atomic E-state index is -0.125. The zero-order valence-corrected chi connectivity index (χ0v) is 11.9. The third-order valence-corrected chi connectivity index (χ3v) is 3.84. The van der Waals surface area contributed by atoms with Gasteiger partial charge in [0.1, 0.15) is 5.75 Å². The molecule has 1 aromatic rings. The minimum absolute atomic E-state index is 0.125. The molecule has 2 rings (SSSR count). The van der Waals surface area contributed by atoms with Crippen molar-refractivity contribution in [2.24, 2.45) is 11.7 Å². The predicted molar refractivity (Wildman–Crippen MR) is 78.4 cm³/mol. The summed E-state index contributed by atoms with van der Waals surface area (Å²) in [6.45, 7) is 0.800. The molecule has 0 aliphatic heterocycles. The lowest BCUT2D eigenvalue weighted by molar-refractivity contribution is 0.0928. The highest BCUT2D eigenvalue weighted by atomic mass is 16.5. The van der Waals surface area contributed by atoms with Crippen LogP contribution in [0.2, 0.25) is 0 Å². The van der Waals surface area contributed by atoms with Gasteiger partial charge in [-0.2, -0.15) is 0 Å². The summed E-state index contributed by atoms with van der Waals surface area (Å²) in [6.07, 6.45) is 4.43. The Morgan fingerprint density at radius 2 is 1.90 bits per heavy atom. The summed E-state index contributed by atoms with van der Waals surface area (Å²) in [7, 11) is 1.60. The highest BCUT2D eigenvalue weighted by molar-refractivity contribution is 5.93. The zero-order valence-electron chi connectivity index (χ0n) is 11.9. The molecule has 1 saturated carbocycles. The fraction of sp³-hybridized carbons (Fsp3) is 0.533. The molecule has 0 unspecified atom stereocenters. The van der Waals surface area contributed by atoms with Crippen molar-refractivity contribution >= 4 is 5.91 Å². The van der Waals surface area contributed by atoms with Gasteiger partial charge in [-0.15, -0.1) is 0 Å². The van der Waals surface area contributed by atoms with Gasteiger partial charge in [0.2, 0.25) is 0 Å². The van der Waals surface area contributed by atoms with Gasteiger partial charge in [0, 0.05) is 18.2 Å². The Morgan fingerprint density at radius 1 is 1.25 bits per heavy atom. The molecule has 0 heterocycles. The first-order chi connectivity index (χ1) is 9.69. The number of hydrogen-bond acceptors (Lipinski definition) is 4. The van der Waals surface area contributed by atoms with Gasteiger partial charge < -0.3 is 10.5 Å². The normalized spacial score (nSPS) is 22.3. The molecular weight excluding hydrogens is 254 g/mol. The molecule has 1 aromatic carbocycles. The number of ether oxygens (including phenoxy) is 1. The molecule has 5 heteroatoms. The highest BCUT2D eigenvalue weighted by Gasteiger charge is 2.18. The van der Waals surface area contributed by atoms with Gasteiger partial charge in [0.15, 0.2) is 0 Å². The molecule has 20 heavy (non-hydrogen) atoms. The molecule has 0 spiro atoms. The lowest BCUT2D eigenvalue weighted by atomic mass is 9.86. The molecule has 4 N–H and O–H groups in total. The average Bonchev–Trinajstić information content (AvgIpc) is 2.49. The van der Waals surface area contributed by atoms with E-state index in [0.717, 1.165) is 38.0 Å². The first-order valence-corrected chi connectivity index (χ1v) is 7.12. The molecule has 0 radical (unpaired) electrons. The number of benzene rings is 1. The maximum Gasteiger partial charge on any atom is 0.265 e. The molecule has 110 valence electrons. The number of amides is 1. The van der Waals surface area contributed by atoms with Crippen molar-refractivity contribution in [3.05, 3.63) is 29.8 Å². The zero-order chi connectivity index (χ0) is 14.4. The number of nitrogens with two attached hydrogens (primary N) is 1. The molecule has 1 fully saturated rings. The third-order valence-electron chi connectivity index (χ3n) is 3.84. The summed E-state index contributed by atoms with van der Waals surface area (Å²) < 4.78 is 5.06. The van der Waals surface area contributed by atoms with Gasteiger partial charge in [0.25, 0.3) is 5.91 Å². The Hall–Kier alpha value is -1.59. The van der Waals surface area contributed by atoms with Gasteiger partial charge in [-0.25, -0.2) is 5.43 Å². The molecule has 0 aromatic heterocycles. The summed E-state index contributed by atoms with van der Waals surface area (Å²) in [5, 5.41) is 0. The van der Waals surface area contributed by atoms with Crippen LogP contribution >= 0.6 is 0 Å². The summed E-state index contributed by atoms with van der Waals surface area (Å²) in [5.74, 6) is 1.22. The largest absolute Gasteiger partial charge is 0.497 e. The van der Waals surface area contributed by atoms with E-state index in [2.05, 4.69) is 10.9 Å². The average molecular weight is 277 g/mol. The van der Waals surface area contributed by atoms with Crippen molar-refractivity contribution in [3.8, 4) is 5.75 Å². The monoisotopic (exact) mass is 277 g/mol. The maximum atomic E-state index is 11.9. The standard InChI is InChI=1S/C15H23N3O2/c1-20-14-8-4-12(5-9-14)15(19)18-17-10-11-2-6-13(16)7-3-11/h4-5,8-9,11,13,17H,2-3,6-7,10,16H2,1H3,(H,18,19)/t11-,13-. The lowest BCUT2D eigenvalue weighted by Gasteiger charge is -2.26. The van der Waals surface area contributed by atoms with E-state index in [0.29, 0.717) is 17.5 Å². The quantitative estimate of drug-likeness (QED) is 0.712. The van der Waals surface area contributed by atoms with E-state index in [1.54, 1.807) is 31.4 Å². The summed E-state index contributed by atoms with van der Waals surface area (Å²) in [5.41, 5.74) is 12.2. The van der Waals surface area contributed by atoms with Crippen LogP contribution in [0.15, 0.2) is 24.3 Å². The Kier molecular flexibility index (Phi) is 5.38. The summed E-state index contributed by atoms with van der Waals surface area (Å²) >= 11 is 0. The van der Waals surface area contributed by atoms with Crippen molar-refractivity contribution in [1.29, 1.82) is 0 Å². The summed E-state index contributed by atoms with van der Waals surface area (Å²) in [4.78, 5) is 11.9. The van der Waals surface area contributed by atoms with Crippen LogP contribution in [0.5, 0.6) is 5.75 Å². The molecular formula is C15H23N3O2. The van der Waals surface area contributed by atoms with Crippen molar-refractivity contribution in [2.45, 2.75) is 31.7 Å². The van der Waals surface area contributed by atoms with Crippen LogP contribution in [0.1, 0.15) is 36.0 Å². The lowest BCUT2D eigenvalue weighted by Crippen LogP contribution is -2.41. The van der Waals surface area contributed by atoms with Gasteiger partial charge in [-0.3, -0.25) is 10.2 Å². The third kappa shape index (κ3) is 4.21. The smallest absolute Gasteiger partial charge is 0.265 e. The van der Waals surface area contributed by atoms with Crippen LogP contribution in [0.25, 0.3) is 0 Å². The second-order valence-electron chi connectivity index (χ2n) is 5.34. The number of hydrazine groups is 1. The maximum absolute atomic E-state index is 11.9. The van der Waals surface area contributed by atoms with Crippen molar-refractivity contribution < 1.29 is 9.53 Å². The van der Waals surface area contributed by atoms with Crippen molar-refractivity contribution in [3.63, 3.8) is 0 Å². The van der Waals surface area contributed by atoms with E-state index in [1.807, 2.05) is 0 Å². The second kappa shape index (κ2) is 7.26. The molecule has 0 atom stereocenters. The van der Waals surface area contributed by atoms with E-state index in [1.165, 1.54) is 0 Å². The molecule has 1 aliphatic carbocycles. The van der Waals surface area contributed by atoms with Crippen LogP contribution < -0.4 is 21.3 Å². The molecule has 1 aliphatic rings. The van der Waals surface area contributed by atoms with E-state index in [-0.39, 0.29) is 5.91 Å². The fourth-order valence-electron chi connectivity index (χ4n) is 2.48. The van der Waals surface area contributed by atoms with Crippen molar-refractivity contribution in [2.75, 3.05) is 13.7 Å². The number of carbonyl (C=O) groups excluding carboxylic acids is 1. The van der Waals surface area contributed by atoms with Gasteiger partial charge in [0.05, 0.1) is 7.11 Å².